The van der Waals surface area contributed by atoms with Crippen LogP contribution in [0.1, 0.15) is 37.0 Å². The highest BCUT2D eigenvalue weighted by Gasteiger charge is 2.43. The molecule has 0 saturated carbocycles. The molecule has 2 aliphatic heterocycles. The maximum Gasteiger partial charge on any atom is 0.355 e. The molecule has 3 heterocycles. The zero-order valence-electron chi connectivity index (χ0n) is 21.1. The highest BCUT2D eigenvalue weighted by atomic mass is 16.5. The number of anilines is 1. The van der Waals surface area contributed by atoms with Crippen molar-refractivity contribution >= 4 is 28.5 Å². The summed E-state index contributed by atoms with van der Waals surface area (Å²) in [4.78, 5) is 28.2. The maximum atomic E-state index is 13.4. The highest BCUT2D eigenvalue weighted by Crippen LogP contribution is 2.45. The van der Waals surface area contributed by atoms with E-state index in [1.54, 1.807) is 47.3 Å². The lowest BCUT2D eigenvalue weighted by Gasteiger charge is -2.36. The zero-order chi connectivity index (χ0) is 26.8. The Kier molecular flexibility index (Phi) is 6.85. The van der Waals surface area contributed by atoms with E-state index >= 15 is 0 Å². The Bertz CT molecular complexity index is 1490. The molecule has 0 amide bonds. The van der Waals surface area contributed by atoms with Crippen molar-refractivity contribution in [3.05, 3.63) is 83.0 Å². The van der Waals surface area contributed by atoms with Gasteiger partial charge in [0.1, 0.15) is 11.5 Å². The summed E-state index contributed by atoms with van der Waals surface area (Å²) in [5.74, 6) is -2.52. The number of nitriles is 1. The van der Waals surface area contributed by atoms with Crippen LogP contribution in [0.3, 0.4) is 0 Å². The number of allylic oxidation sites excluding steroid dienone is 1. The molecule has 0 spiro atoms. The number of benzene rings is 2. The summed E-state index contributed by atoms with van der Waals surface area (Å²) < 4.78 is 18.0. The average molecular weight is 514 g/mol. The molecule has 10 heteroatoms. The van der Waals surface area contributed by atoms with Gasteiger partial charge in [-0.2, -0.15) is 10.4 Å². The van der Waals surface area contributed by atoms with Crippen molar-refractivity contribution in [1.29, 1.82) is 5.26 Å². The molecule has 194 valence electrons. The molecule has 2 N–H and O–H groups in total. The Labute approximate surface area is 219 Å². The first-order valence-electron chi connectivity index (χ1n) is 12.2. The fraction of sp³-hybridized carbons (Fsp3) is 0.286. The number of methoxy groups -OCH3 is 2. The second-order valence-corrected chi connectivity index (χ2v) is 8.96. The van der Waals surface area contributed by atoms with E-state index in [9.17, 15) is 14.9 Å². The normalized spacial score (nSPS) is 19.9. The largest absolute Gasteiger partial charge is 0.466 e. The second kappa shape index (κ2) is 10.4. The minimum Gasteiger partial charge on any atom is -0.466 e. The van der Waals surface area contributed by atoms with Gasteiger partial charge in [0, 0.05) is 12.0 Å². The molecule has 38 heavy (non-hydrogen) atoms. The van der Waals surface area contributed by atoms with E-state index in [0.717, 1.165) is 24.6 Å². The van der Waals surface area contributed by atoms with E-state index in [2.05, 4.69) is 11.2 Å². The molecule has 1 fully saturated rings. The molecular weight excluding hydrogens is 486 g/mol. The van der Waals surface area contributed by atoms with Crippen LogP contribution in [0, 0.1) is 11.3 Å². The van der Waals surface area contributed by atoms with Crippen molar-refractivity contribution in [2.24, 2.45) is 5.73 Å². The third-order valence-corrected chi connectivity index (χ3v) is 6.88. The zero-order valence-corrected chi connectivity index (χ0v) is 21.1. The van der Waals surface area contributed by atoms with E-state index in [4.69, 9.17) is 19.9 Å². The van der Waals surface area contributed by atoms with Gasteiger partial charge in [-0.1, -0.05) is 42.5 Å². The topological polar surface area (TPSA) is 133 Å². The number of nitrogens with zero attached hydrogens (tertiary/aromatic N) is 4. The first kappa shape index (κ1) is 25.0. The van der Waals surface area contributed by atoms with Crippen LogP contribution in [0.25, 0.3) is 10.9 Å². The lowest BCUT2D eigenvalue weighted by atomic mass is 9.81. The summed E-state index contributed by atoms with van der Waals surface area (Å²) in [7, 11) is 2.45. The number of rotatable bonds is 5. The fourth-order valence-electron chi connectivity index (χ4n) is 5.16. The molecular formula is C28H27N5O5. The molecule has 2 aromatic carbocycles. The van der Waals surface area contributed by atoms with Gasteiger partial charge in [0.25, 0.3) is 0 Å². The van der Waals surface area contributed by atoms with Gasteiger partial charge in [0.2, 0.25) is 0 Å². The number of carbonyl (C=O) groups is 2. The number of para-hydroxylation sites is 1. The van der Waals surface area contributed by atoms with Gasteiger partial charge in [-0.05, 0) is 30.9 Å². The number of carbonyl (C=O) groups excluding carboxylic acids is 2. The van der Waals surface area contributed by atoms with Crippen molar-refractivity contribution < 1.29 is 23.8 Å². The molecule has 3 aromatic rings. The Balaban J connectivity index is 1.83. The monoisotopic (exact) mass is 513 g/mol. The van der Waals surface area contributed by atoms with Crippen LogP contribution < -0.4 is 10.6 Å². The number of hydrogen-bond donors (Lipinski definition) is 1. The second-order valence-electron chi connectivity index (χ2n) is 8.96. The van der Waals surface area contributed by atoms with Crippen LogP contribution in [0.4, 0.5) is 5.69 Å². The van der Waals surface area contributed by atoms with E-state index in [1.165, 1.54) is 19.1 Å². The Morgan fingerprint density at radius 2 is 1.84 bits per heavy atom. The van der Waals surface area contributed by atoms with Gasteiger partial charge in [-0.3, -0.25) is 4.90 Å². The predicted molar refractivity (Wildman–Crippen MR) is 138 cm³/mol. The van der Waals surface area contributed by atoms with Gasteiger partial charge in [0.15, 0.2) is 6.23 Å². The molecule has 10 nitrogen and oxygen atoms in total. The smallest absolute Gasteiger partial charge is 0.355 e. The Hall–Kier alpha value is -4.62. The van der Waals surface area contributed by atoms with Crippen LogP contribution in [-0.2, 0) is 23.8 Å². The number of fused-ring (bicyclic) bond motifs is 1. The quantitative estimate of drug-likeness (QED) is 0.508. The van der Waals surface area contributed by atoms with Crippen LogP contribution in [0.15, 0.2) is 77.4 Å². The standard InChI is InChI=1S/C28H27N5O5/c1-36-27(34)23-22(17-9-4-3-5-10-17)19(15-29)26(30)32(25(23)28(35)37-2)20-12-8-11-18-16-31-33(24(18)20)21-13-6-7-14-38-21/h3-5,8-12,16,21-22H,6-7,13-14,30H2,1-2H3. The van der Waals surface area contributed by atoms with E-state index < -0.39 is 17.9 Å². The van der Waals surface area contributed by atoms with Gasteiger partial charge >= 0.3 is 11.9 Å². The molecule has 1 aromatic heterocycles. The summed E-state index contributed by atoms with van der Waals surface area (Å²) in [6, 6.07) is 16.5. The number of ether oxygens (including phenoxy) is 3. The molecule has 5 rings (SSSR count). The van der Waals surface area contributed by atoms with E-state index in [1.807, 2.05) is 12.1 Å². The molecule has 0 radical (unpaired) electrons. The molecule has 2 unspecified atom stereocenters. The SMILES string of the molecule is COC(=O)C1=C(C(=O)OC)N(c2cccc3cnn(C4CCCCO4)c23)C(N)=C(C#N)C1c1ccccc1. The first-order valence-corrected chi connectivity index (χ1v) is 12.2. The summed E-state index contributed by atoms with van der Waals surface area (Å²) in [6.07, 6.45) is 4.12. The van der Waals surface area contributed by atoms with Crippen LogP contribution in [-0.4, -0.2) is 42.5 Å². The van der Waals surface area contributed by atoms with Gasteiger partial charge < -0.3 is 19.9 Å². The Morgan fingerprint density at radius 1 is 1.08 bits per heavy atom. The summed E-state index contributed by atoms with van der Waals surface area (Å²) in [5.41, 5.74) is 8.31. The average Bonchev–Trinajstić information content (AvgIpc) is 3.41. The Morgan fingerprint density at radius 3 is 2.50 bits per heavy atom. The summed E-state index contributed by atoms with van der Waals surface area (Å²) in [5, 5.41) is 15.7. The fourth-order valence-corrected chi connectivity index (χ4v) is 5.16. The number of hydrogen-bond acceptors (Lipinski definition) is 9. The third-order valence-electron chi connectivity index (χ3n) is 6.88. The van der Waals surface area contributed by atoms with Gasteiger partial charge in [-0.25, -0.2) is 14.3 Å². The van der Waals surface area contributed by atoms with Crippen molar-refractivity contribution in [2.75, 3.05) is 25.7 Å². The highest BCUT2D eigenvalue weighted by molar-refractivity contribution is 6.08. The van der Waals surface area contributed by atoms with Crippen LogP contribution in [0.5, 0.6) is 0 Å². The van der Waals surface area contributed by atoms with Crippen molar-refractivity contribution in [3.8, 4) is 6.07 Å². The first-order chi connectivity index (χ1) is 18.5. The predicted octanol–water partition coefficient (Wildman–Crippen LogP) is 3.63. The number of esters is 2. The van der Waals surface area contributed by atoms with Crippen molar-refractivity contribution in [1.82, 2.24) is 9.78 Å². The number of nitrogens with two attached hydrogens (primary N) is 1. The molecule has 2 atom stereocenters. The third kappa shape index (κ3) is 4.07. The van der Waals surface area contributed by atoms with E-state index in [-0.39, 0.29) is 28.9 Å². The van der Waals surface area contributed by atoms with Gasteiger partial charge in [-0.15, -0.1) is 0 Å². The maximum absolute atomic E-state index is 13.4. The molecule has 1 saturated heterocycles. The van der Waals surface area contributed by atoms with Crippen LogP contribution in [0.2, 0.25) is 0 Å². The molecule has 2 aliphatic rings. The molecule has 0 aliphatic carbocycles. The van der Waals surface area contributed by atoms with Crippen molar-refractivity contribution in [3.63, 3.8) is 0 Å². The summed E-state index contributed by atoms with van der Waals surface area (Å²) >= 11 is 0. The molecule has 0 bridgehead atoms. The lowest BCUT2D eigenvalue weighted by molar-refractivity contribution is -0.139. The van der Waals surface area contributed by atoms with Gasteiger partial charge in [0.05, 0.1) is 54.8 Å². The lowest BCUT2D eigenvalue weighted by Crippen LogP contribution is -2.41. The minimum atomic E-state index is -0.940. The van der Waals surface area contributed by atoms with E-state index in [0.29, 0.717) is 23.4 Å². The number of aromatic nitrogens is 2. The minimum absolute atomic E-state index is 0.000723. The van der Waals surface area contributed by atoms with Crippen LogP contribution >= 0.6 is 0 Å². The summed E-state index contributed by atoms with van der Waals surface area (Å²) in [6.45, 7) is 0.608. The van der Waals surface area contributed by atoms with Crippen molar-refractivity contribution in [2.45, 2.75) is 31.4 Å².